The van der Waals surface area contributed by atoms with Crippen LogP contribution in [0.25, 0.3) is 0 Å². The summed E-state index contributed by atoms with van der Waals surface area (Å²) in [7, 11) is -5.09. The quantitative estimate of drug-likeness (QED) is 0.326. The molecule has 0 unspecified atom stereocenters. The Bertz CT molecular complexity index is 427. The lowest BCUT2D eigenvalue weighted by Gasteiger charge is -2.25. The van der Waals surface area contributed by atoms with Crippen LogP contribution in [0.3, 0.4) is 0 Å². The molecule has 0 heterocycles. The lowest BCUT2D eigenvalue weighted by Crippen LogP contribution is -2.45. The van der Waals surface area contributed by atoms with Gasteiger partial charge in [0.1, 0.15) is 18.5 Å². The number of rotatable bonds is 7. The number of sulfonamides is 1. The Hall–Kier alpha value is -0.630. The van der Waals surface area contributed by atoms with Crippen molar-refractivity contribution in [3.8, 4) is 0 Å². The fourth-order valence-electron chi connectivity index (χ4n) is 0.795. The molecule has 114 valence electrons. The summed E-state index contributed by atoms with van der Waals surface area (Å²) in [6.45, 7) is 0.670. The van der Waals surface area contributed by atoms with Crippen molar-refractivity contribution in [2.75, 3.05) is 7.05 Å². The monoisotopic (exact) mass is 331 g/mol. The summed E-state index contributed by atoms with van der Waals surface area (Å²) in [5.41, 5.74) is 0. The molecule has 0 aliphatic carbocycles. The molecule has 0 aromatic carbocycles. The summed E-state index contributed by atoms with van der Waals surface area (Å²) >= 11 is -1.01. The third kappa shape index (κ3) is 4.76. The molecule has 0 aliphatic rings. The number of hydrogen-bond donors (Lipinski definition) is 1. The summed E-state index contributed by atoms with van der Waals surface area (Å²) in [5.74, 6) is -1.27. The van der Waals surface area contributed by atoms with Crippen molar-refractivity contribution >= 4 is 28.0 Å². The van der Waals surface area contributed by atoms with Gasteiger partial charge in [-0.15, -0.1) is 4.33 Å². The molecule has 0 bridgehead atoms. The molecule has 0 radical (unpaired) electrons. The van der Waals surface area contributed by atoms with E-state index in [0.717, 1.165) is 0 Å². The van der Waals surface area contributed by atoms with Crippen LogP contribution in [0.4, 0.5) is 17.6 Å². The molecule has 7 nitrogen and oxygen atoms in total. The highest BCUT2D eigenvalue weighted by atomic mass is 32.2. The zero-order valence-corrected chi connectivity index (χ0v) is 11.1. The van der Waals surface area contributed by atoms with Gasteiger partial charge in [0.2, 0.25) is 5.91 Å². The second-order valence-electron chi connectivity index (χ2n) is 3.17. The molecule has 0 aliphatic heterocycles. The van der Waals surface area contributed by atoms with Gasteiger partial charge < -0.3 is 0 Å². The van der Waals surface area contributed by atoms with E-state index in [9.17, 15) is 30.8 Å². The van der Waals surface area contributed by atoms with Crippen LogP contribution in [0.1, 0.15) is 13.3 Å². The minimum atomic E-state index is -5.60. The van der Waals surface area contributed by atoms with Gasteiger partial charge in [0.15, 0.2) is 0 Å². The molecule has 0 rings (SSSR count). The van der Waals surface area contributed by atoms with Crippen molar-refractivity contribution < 1.29 is 45.4 Å². The van der Waals surface area contributed by atoms with Crippen molar-refractivity contribution in [1.82, 2.24) is 4.31 Å². The van der Waals surface area contributed by atoms with Gasteiger partial charge in [-0.1, -0.05) is 5.04 Å². The van der Waals surface area contributed by atoms with Crippen molar-refractivity contribution in [3.05, 3.63) is 0 Å². The van der Waals surface area contributed by atoms with Crippen molar-refractivity contribution in [3.63, 3.8) is 0 Å². The minimum Gasteiger partial charge on any atom is -0.274 e. The zero-order chi connectivity index (χ0) is 15.5. The number of halogens is 4. The summed E-state index contributed by atoms with van der Waals surface area (Å²) in [6.07, 6.45) is -2.48. The normalized spacial score (nSPS) is 13.4. The molecule has 1 N–H and O–H groups in total. The van der Waals surface area contributed by atoms with E-state index in [1.54, 1.807) is 0 Å². The predicted octanol–water partition coefficient (Wildman–Crippen LogP) is 1.44. The SMILES string of the molecule is CC(=O)N(C)S(=O)(=O)C(F)(F)CC(F)(F)SOOO. The minimum absolute atomic E-state index is 0.350. The maximum atomic E-state index is 13.3. The average molecular weight is 331 g/mol. The Morgan fingerprint density at radius 3 is 2.21 bits per heavy atom. The van der Waals surface area contributed by atoms with Gasteiger partial charge >= 0.3 is 20.5 Å². The second-order valence-corrected chi connectivity index (χ2v) is 6.16. The molecule has 1 amide bonds. The Morgan fingerprint density at radius 1 is 1.37 bits per heavy atom. The molecular weight excluding hydrogens is 322 g/mol. The van der Waals surface area contributed by atoms with E-state index in [2.05, 4.69) is 9.37 Å². The molecule has 19 heavy (non-hydrogen) atoms. The largest absolute Gasteiger partial charge is 0.371 e. The molecule has 0 fully saturated rings. The zero-order valence-electron chi connectivity index (χ0n) is 9.47. The molecular formula is C6H9F4NO6S2. The predicted molar refractivity (Wildman–Crippen MR) is 54.3 cm³/mol. The highest BCUT2D eigenvalue weighted by molar-refractivity contribution is 7.95. The van der Waals surface area contributed by atoms with Gasteiger partial charge in [0.25, 0.3) is 0 Å². The molecule has 0 saturated heterocycles. The van der Waals surface area contributed by atoms with E-state index in [4.69, 9.17) is 5.26 Å². The second kappa shape index (κ2) is 6.21. The van der Waals surface area contributed by atoms with Crippen LogP contribution in [0.2, 0.25) is 0 Å². The van der Waals surface area contributed by atoms with Crippen LogP contribution in [-0.4, -0.2) is 41.4 Å². The first kappa shape index (κ1) is 18.4. The van der Waals surface area contributed by atoms with Crippen LogP contribution in [0.15, 0.2) is 0 Å². The molecule has 0 spiro atoms. The lowest BCUT2D eigenvalue weighted by atomic mass is 10.4. The molecule has 0 atom stereocenters. The number of carbonyl (C=O) groups is 1. The number of hydrogen-bond acceptors (Lipinski definition) is 7. The van der Waals surface area contributed by atoms with Gasteiger partial charge in [0.05, 0.1) is 0 Å². The van der Waals surface area contributed by atoms with Gasteiger partial charge in [-0.25, -0.2) is 9.56 Å². The number of alkyl halides is 4. The maximum absolute atomic E-state index is 13.3. The third-order valence-corrected chi connectivity index (χ3v) is 4.17. The van der Waals surface area contributed by atoms with Crippen molar-refractivity contribution in [2.24, 2.45) is 0 Å². The summed E-state index contributed by atoms with van der Waals surface area (Å²) in [6, 6.07) is 0. The molecule has 0 saturated carbocycles. The van der Waals surface area contributed by atoms with Gasteiger partial charge in [0, 0.05) is 14.0 Å². The van der Waals surface area contributed by atoms with E-state index in [1.807, 2.05) is 0 Å². The number of amides is 1. The van der Waals surface area contributed by atoms with Crippen molar-refractivity contribution in [1.29, 1.82) is 0 Å². The fraction of sp³-hybridized carbons (Fsp3) is 0.833. The topological polar surface area (TPSA) is 93.1 Å². The van der Waals surface area contributed by atoms with Gasteiger partial charge in [-0.05, 0) is 0 Å². The first-order valence-electron chi connectivity index (χ1n) is 4.28. The van der Waals surface area contributed by atoms with Crippen molar-refractivity contribution in [2.45, 2.75) is 23.9 Å². The number of carbonyl (C=O) groups excluding carboxylic acids is 1. The van der Waals surface area contributed by atoms with Crippen LogP contribution in [0, 0.1) is 0 Å². The summed E-state index contributed by atoms with van der Waals surface area (Å²) in [5, 5.41) is 1.08. The summed E-state index contributed by atoms with van der Waals surface area (Å²) in [4.78, 5) is 10.7. The first-order valence-corrected chi connectivity index (χ1v) is 6.46. The molecule has 0 aromatic rings. The number of nitrogens with zero attached hydrogens (tertiary/aromatic N) is 1. The van der Waals surface area contributed by atoms with E-state index in [1.165, 1.54) is 0 Å². The standard InChI is InChI=1S/C6H9F4NO6S2/c1-4(12)11(2)19(14,15)6(9,10)3-5(7,8)18-17-16-13/h13H,3H2,1-2H3. The highest BCUT2D eigenvalue weighted by Crippen LogP contribution is 2.42. The van der Waals surface area contributed by atoms with E-state index in [0.29, 0.717) is 14.0 Å². The van der Waals surface area contributed by atoms with Crippen LogP contribution in [0.5, 0.6) is 0 Å². The van der Waals surface area contributed by atoms with Crippen LogP contribution >= 0.6 is 12.0 Å². The van der Waals surface area contributed by atoms with Crippen LogP contribution in [-0.2, 0) is 24.2 Å². The lowest BCUT2D eigenvalue weighted by molar-refractivity contribution is -0.433. The average Bonchev–Trinajstić information content (AvgIpc) is 2.23. The summed E-state index contributed by atoms with van der Waals surface area (Å²) < 4.78 is 77.8. The first-order chi connectivity index (χ1) is 8.37. The Labute approximate surface area is 109 Å². The van der Waals surface area contributed by atoms with E-state index in [-0.39, 0.29) is 4.31 Å². The van der Waals surface area contributed by atoms with E-state index < -0.39 is 44.9 Å². The highest BCUT2D eigenvalue weighted by Gasteiger charge is 2.56. The molecule has 13 heteroatoms. The fourth-order valence-corrected chi connectivity index (χ4v) is 2.36. The Morgan fingerprint density at radius 2 is 1.84 bits per heavy atom. The maximum Gasteiger partial charge on any atom is 0.371 e. The van der Waals surface area contributed by atoms with Gasteiger partial charge in [-0.2, -0.15) is 26.0 Å². The van der Waals surface area contributed by atoms with E-state index >= 15 is 0 Å². The smallest absolute Gasteiger partial charge is 0.274 e. The Balaban J connectivity index is 5.12. The third-order valence-electron chi connectivity index (χ3n) is 1.78. The molecule has 0 aromatic heterocycles. The Kier molecular flexibility index (Phi) is 6.01. The van der Waals surface area contributed by atoms with Gasteiger partial charge in [-0.3, -0.25) is 4.79 Å². The van der Waals surface area contributed by atoms with Crippen LogP contribution < -0.4 is 0 Å².